The molecule has 11 nitrogen and oxygen atoms in total. The van der Waals surface area contributed by atoms with Crippen LogP contribution in [0.1, 0.15) is 70.9 Å². The molecule has 12 heteroatoms. The third kappa shape index (κ3) is 6.79. The maximum absolute atomic E-state index is 13.1. The van der Waals surface area contributed by atoms with Crippen molar-refractivity contribution < 1.29 is 22.9 Å². The lowest BCUT2D eigenvalue weighted by atomic mass is 10.1. The Morgan fingerprint density at radius 1 is 1.26 bits per heavy atom. The van der Waals surface area contributed by atoms with Gasteiger partial charge in [-0.3, -0.25) is 14.9 Å². The van der Waals surface area contributed by atoms with E-state index in [9.17, 15) is 23.3 Å². The molecule has 1 aromatic carbocycles. The molecule has 0 aliphatic carbocycles. The van der Waals surface area contributed by atoms with Crippen LogP contribution in [-0.2, 0) is 15.6 Å². The molecule has 1 heterocycles. The van der Waals surface area contributed by atoms with E-state index in [1.165, 1.54) is 16.8 Å². The SMILES string of the molecule is CC[C@@H](C)NS(=O)(=O)c1cc([N+](=O)[O-])ccc1Oc1c(C)c(C(=O)NCC(C)C)nn1C(C)(C)C. The summed E-state index contributed by atoms with van der Waals surface area (Å²) in [4.78, 5) is 23.1. The lowest BCUT2D eigenvalue weighted by Crippen LogP contribution is -2.32. The summed E-state index contributed by atoms with van der Waals surface area (Å²) in [6.07, 6.45) is 0.523. The van der Waals surface area contributed by atoms with Crippen molar-refractivity contribution in [2.24, 2.45) is 5.92 Å². The molecule has 2 aromatic rings. The second kappa shape index (κ2) is 10.7. The Kier molecular flexibility index (Phi) is 8.66. The fourth-order valence-electron chi connectivity index (χ4n) is 3.07. The minimum atomic E-state index is -4.16. The van der Waals surface area contributed by atoms with E-state index in [0.717, 1.165) is 6.07 Å². The highest BCUT2D eigenvalue weighted by atomic mass is 32.2. The van der Waals surface area contributed by atoms with Crippen LogP contribution in [0.4, 0.5) is 5.69 Å². The summed E-state index contributed by atoms with van der Waals surface area (Å²) in [6, 6.07) is 2.97. The monoisotopic (exact) mass is 509 g/mol. The summed E-state index contributed by atoms with van der Waals surface area (Å²) in [5.41, 5.74) is -0.445. The van der Waals surface area contributed by atoms with Gasteiger partial charge in [0.1, 0.15) is 10.6 Å². The highest BCUT2D eigenvalue weighted by Gasteiger charge is 2.31. The van der Waals surface area contributed by atoms with Gasteiger partial charge in [0.2, 0.25) is 15.9 Å². The zero-order valence-corrected chi connectivity index (χ0v) is 22.3. The van der Waals surface area contributed by atoms with Gasteiger partial charge in [0.05, 0.1) is 10.5 Å². The lowest BCUT2D eigenvalue weighted by molar-refractivity contribution is -0.385. The fraction of sp³-hybridized carbons (Fsp3) is 0.565. The molecule has 0 aliphatic rings. The second-order valence-electron chi connectivity index (χ2n) is 9.89. The van der Waals surface area contributed by atoms with Gasteiger partial charge in [-0.2, -0.15) is 5.10 Å². The van der Waals surface area contributed by atoms with Crippen molar-refractivity contribution in [1.29, 1.82) is 0 Å². The van der Waals surface area contributed by atoms with Crippen molar-refractivity contribution in [3.8, 4) is 11.6 Å². The van der Waals surface area contributed by atoms with Gasteiger partial charge in [-0.1, -0.05) is 20.8 Å². The van der Waals surface area contributed by atoms with Gasteiger partial charge in [-0.25, -0.2) is 17.8 Å². The van der Waals surface area contributed by atoms with Crippen molar-refractivity contribution in [2.75, 3.05) is 6.54 Å². The average Bonchev–Trinajstić information content (AvgIpc) is 3.08. The summed E-state index contributed by atoms with van der Waals surface area (Å²) in [6.45, 7) is 15.2. The van der Waals surface area contributed by atoms with Gasteiger partial charge in [-0.05, 0) is 53.0 Å². The number of benzene rings is 1. The molecule has 0 spiro atoms. The van der Waals surface area contributed by atoms with Crippen LogP contribution in [0.3, 0.4) is 0 Å². The standard InChI is InChI=1S/C23H35N5O6S/c1-9-15(4)26-35(32,33)19-12-17(28(30)31)10-11-18(19)34-22-16(5)20(21(29)24-13-14(2)3)25-27(22)23(6,7)8/h10-12,14-15,26H,9,13H2,1-8H3,(H,24,29)/t15-/m1/s1. The minimum Gasteiger partial charge on any atom is -0.438 e. The van der Waals surface area contributed by atoms with Crippen LogP contribution >= 0.6 is 0 Å². The van der Waals surface area contributed by atoms with E-state index in [4.69, 9.17) is 4.74 Å². The maximum Gasteiger partial charge on any atom is 0.272 e. The smallest absolute Gasteiger partial charge is 0.272 e. The molecule has 35 heavy (non-hydrogen) atoms. The number of carbonyl (C=O) groups is 1. The lowest BCUT2D eigenvalue weighted by Gasteiger charge is -2.23. The largest absolute Gasteiger partial charge is 0.438 e. The van der Waals surface area contributed by atoms with Crippen LogP contribution in [0.5, 0.6) is 11.6 Å². The molecular formula is C23H35N5O6S. The predicted octanol–water partition coefficient (Wildman–Crippen LogP) is 4.11. The number of nitro groups is 1. The second-order valence-corrected chi connectivity index (χ2v) is 11.6. The van der Waals surface area contributed by atoms with Crippen molar-refractivity contribution in [1.82, 2.24) is 19.8 Å². The molecule has 0 bridgehead atoms. The van der Waals surface area contributed by atoms with Gasteiger partial charge >= 0.3 is 0 Å². The molecule has 1 amide bonds. The van der Waals surface area contributed by atoms with Gasteiger partial charge in [0.25, 0.3) is 11.6 Å². The number of hydrogen-bond acceptors (Lipinski definition) is 7. The first-order valence-corrected chi connectivity index (χ1v) is 12.9. The topological polar surface area (TPSA) is 145 Å². The number of ether oxygens (including phenoxy) is 1. The number of amides is 1. The van der Waals surface area contributed by atoms with Crippen molar-refractivity contribution in [2.45, 2.75) is 78.3 Å². The first kappa shape index (κ1) is 28.2. The number of sulfonamides is 1. The maximum atomic E-state index is 13.1. The number of nitrogens with zero attached hydrogens (tertiary/aromatic N) is 3. The van der Waals surface area contributed by atoms with Crippen molar-refractivity contribution in [3.63, 3.8) is 0 Å². The molecule has 0 radical (unpaired) electrons. The Morgan fingerprint density at radius 2 is 1.89 bits per heavy atom. The average molecular weight is 510 g/mol. The number of nitro benzene ring substituents is 1. The molecule has 2 rings (SSSR count). The minimum absolute atomic E-state index is 0.117. The first-order chi connectivity index (χ1) is 16.1. The normalized spacial score (nSPS) is 13.1. The highest BCUT2D eigenvalue weighted by Crippen LogP contribution is 2.36. The number of non-ortho nitro benzene ring substituents is 1. The summed E-state index contributed by atoms with van der Waals surface area (Å²) in [5, 5.41) is 18.6. The van der Waals surface area contributed by atoms with E-state index in [2.05, 4.69) is 15.1 Å². The van der Waals surface area contributed by atoms with Gasteiger partial charge in [-0.15, -0.1) is 0 Å². The predicted molar refractivity (Wildman–Crippen MR) is 132 cm³/mol. The Hall–Kier alpha value is -2.99. The van der Waals surface area contributed by atoms with Crippen LogP contribution in [0.15, 0.2) is 23.1 Å². The van der Waals surface area contributed by atoms with Crippen LogP contribution < -0.4 is 14.8 Å². The molecule has 0 saturated carbocycles. The van der Waals surface area contributed by atoms with E-state index >= 15 is 0 Å². The van der Waals surface area contributed by atoms with E-state index in [-0.39, 0.29) is 34.0 Å². The quantitative estimate of drug-likeness (QED) is 0.362. The van der Waals surface area contributed by atoms with E-state index in [0.29, 0.717) is 18.5 Å². The summed E-state index contributed by atoms with van der Waals surface area (Å²) < 4.78 is 36.3. The summed E-state index contributed by atoms with van der Waals surface area (Å²) >= 11 is 0. The summed E-state index contributed by atoms with van der Waals surface area (Å²) in [5.74, 6) is -0.0836. The van der Waals surface area contributed by atoms with Crippen LogP contribution in [-0.4, -0.2) is 41.6 Å². The number of aromatic nitrogens is 2. The van der Waals surface area contributed by atoms with Gasteiger partial charge < -0.3 is 10.1 Å². The zero-order chi connectivity index (χ0) is 26.7. The third-order valence-electron chi connectivity index (χ3n) is 5.19. The molecule has 0 saturated heterocycles. The van der Waals surface area contributed by atoms with Gasteiger partial charge in [0.15, 0.2) is 5.69 Å². The number of hydrogen-bond donors (Lipinski definition) is 2. The molecule has 0 unspecified atom stereocenters. The molecule has 0 aliphatic heterocycles. The number of nitrogens with one attached hydrogen (secondary N) is 2. The van der Waals surface area contributed by atoms with Crippen molar-refractivity contribution >= 4 is 21.6 Å². The van der Waals surface area contributed by atoms with E-state index in [1.54, 1.807) is 13.8 Å². The van der Waals surface area contributed by atoms with Crippen molar-refractivity contribution in [3.05, 3.63) is 39.6 Å². The Labute approximate surface area is 206 Å². The first-order valence-electron chi connectivity index (χ1n) is 11.4. The molecule has 0 fully saturated rings. The molecule has 1 aromatic heterocycles. The molecule has 1 atom stereocenters. The third-order valence-corrected chi connectivity index (χ3v) is 6.80. The fourth-order valence-corrected chi connectivity index (χ4v) is 4.55. The molecular weight excluding hydrogens is 474 g/mol. The Morgan fingerprint density at radius 3 is 2.40 bits per heavy atom. The van der Waals surface area contributed by atoms with Crippen LogP contribution in [0.2, 0.25) is 0 Å². The van der Waals surface area contributed by atoms with Gasteiger partial charge in [0, 0.05) is 30.3 Å². The molecule has 2 N–H and O–H groups in total. The Bertz CT molecular complexity index is 1200. The van der Waals surface area contributed by atoms with E-state index < -0.39 is 32.2 Å². The van der Waals surface area contributed by atoms with E-state index in [1.807, 2.05) is 41.5 Å². The number of rotatable bonds is 10. The van der Waals surface area contributed by atoms with Crippen LogP contribution in [0, 0.1) is 23.0 Å². The number of carbonyl (C=O) groups excluding carboxylic acids is 1. The Balaban J connectivity index is 2.65. The highest BCUT2D eigenvalue weighted by molar-refractivity contribution is 7.89. The zero-order valence-electron chi connectivity index (χ0n) is 21.5. The summed E-state index contributed by atoms with van der Waals surface area (Å²) in [7, 11) is -4.16. The van der Waals surface area contributed by atoms with Crippen LogP contribution in [0.25, 0.3) is 0 Å². The molecule has 194 valence electrons.